The van der Waals surface area contributed by atoms with E-state index in [9.17, 15) is 9.59 Å². The number of pyridine rings is 1. The molecular weight excluding hydrogens is 567 g/mol. The number of thiazole rings is 1. The van der Waals surface area contributed by atoms with E-state index in [1.54, 1.807) is 34.1 Å². The summed E-state index contributed by atoms with van der Waals surface area (Å²) in [6.45, 7) is 4.00. The van der Waals surface area contributed by atoms with E-state index in [1.807, 2.05) is 55.5 Å². The lowest BCUT2D eigenvalue weighted by atomic mass is 10.0. The van der Waals surface area contributed by atoms with Gasteiger partial charge < -0.3 is 16.0 Å². The topological polar surface area (TPSA) is 114 Å². The first-order valence-electron chi connectivity index (χ1n) is 14.0. The number of thioether (sulfide) groups is 1. The molecule has 42 heavy (non-hydrogen) atoms. The number of carbonyl (C=O) groups excluding carboxylic acids is 1. The zero-order valence-corrected chi connectivity index (χ0v) is 24.6. The number of aromatic nitrogens is 4. The Kier molecular flexibility index (Phi) is 7.22. The lowest BCUT2D eigenvalue weighted by Crippen LogP contribution is -2.35. The molecule has 2 aliphatic rings. The zero-order chi connectivity index (χ0) is 28.6. The quantitative estimate of drug-likeness (QED) is 0.229. The minimum Gasteiger partial charge on any atom is -0.382 e. The van der Waals surface area contributed by atoms with Gasteiger partial charge in [-0.15, -0.1) is 23.1 Å². The van der Waals surface area contributed by atoms with Gasteiger partial charge in [-0.05, 0) is 69.3 Å². The van der Waals surface area contributed by atoms with E-state index in [0.29, 0.717) is 45.6 Å². The summed E-state index contributed by atoms with van der Waals surface area (Å²) >= 11 is 3.06. The van der Waals surface area contributed by atoms with Crippen LogP contribution in [0.1, 0.15) is 34.1 Å². The first-order valence-corrected chi connectivity index (χ1v) is 15.8. The van der Waals surface area contributed by atoms with Gasteiger partial charge in [0.25, 0.3) is 5.56 Å². The predicted octanol–water partition coefficient (Wildman–Crippen LogP) is 5.66. The first kappa shape index (κ1) is 26.8. The van der Waals surface area contributed by atoms with Crippen molar-refractivity contribution >= 4 is 57.2 Å². The Balaban J connectivity index is 1.26. The second-order valence-electron chi connectivity index (χ2n) is 10.5. The maximum Gasteiger partial charge on any atom is 0.262 e. The van der Waals surface area contributed by atoms with Crippen LogP contribution in [-0.2, 0) is 0 Å². The van der Waals surface area contributed by atoms with Crippen molar-refractivity contribution in [3.8, 4) is 11.3 Å². The number of Topliss-reactive ketones (excluding diaryl/α,β-unsaturated/α-hetero) is 1. The molecule has 0 spiro atoms. The number of rotatable bonds is 6. The summed E-state index contributed by atoms with van der Waals surface area (Å²) < 4.78 is 1.55. The van der Waals surface area contributed by atoms with Gasteiger partial charge >= 0.3 is 0 Å². The molecule has 1 saturated heterocycles. The average Bonchev–Trinajstić information content (AvgIpc) is 3.45. The van der Waals surface area contributed by atoms with Crippen LogP contribution in [0.15, 0.2) is 76.0 Å². The lowest BCUT2D eigenvalue weighted by Gasteiger charge is -2.26. The number of nitrogens with zero attached hydrogens (tertiary/aromatic N) is 4. The fraction of sp³-hybridized carbons (Fsp3) is 0.258. The third-order valence-electron chi connectivity index (χ3n) is 7.79. The van der Waals surface area contributed by atoms with E-state index < -0.39 is 6.04 Å². The number of hydrogen-bond acceptors (Lipinski definition) is 10. The number of ketones is 1. The second-order valence-corrected chi connectivity index (χ2v) is 12.6. The van der Waals surface area contributed by atoms with Gasteiger partial charge in [0.15, 0.2) is 5.78 Å². The van der Waals surface area contributed by atoms with E-state index >= 15 is 0 Å². The van der Waals surface area contributed by atoms with Crippen molar-refractivity contribution in [2.75, 3.05) is 29.5 Å². The maximum atomic E-state index is 14.1. The van der Waals surface area contributed by atoms with Crippen LogP contribution in [-0.4, -0.2) is 50.2 Å². The van der Waals surface area contributed by atoms with Crippen molar-refractivity contribution in [2.24, 2.45) is 0 Å². The average molecular weight is 596 g/mol. The van der Waals surface area contributed by atoms with Crippen LogP contribution in [0.25, 0.3) is 22.3 Å². The highest BCUT2D eigenvalue weighted by molar-refractivity contribution is 7.99. The van der Waals surface area contributed by atoms with Crippen molar-refractivity contribution in [1.82, 2.24) is 24.8 Å². The van der Waals surface area contributed by atoms with Crippen LogP contribution in [0.5, 0.6) is 0 Å². The van der Waals surface area contributed by atoms with Gasteiger partial charge in [0.2, 0.25) is 5.95 Å². The molecule has 0 aliphatic carbocycles. The summed E-state index contributed by atoms with van der Waals surface area (Å²) in [5.41, 5.74) is 5.44. The highest BCUT2D eigenvalue weighted by Crippen LogP contribution is 2.36. The molecule has 2 aromatic carbocycles. The van der Waals surface area contributed by atoms with E-state index in [0.717, 1.165) is 47.1 Å². The van der Waals surface area contributed by atoms with Gasteiger partial charge in [0.05, 0.1) is 16.8 Å². The molecule has 1 unspecified atom stereocenters. The third-order valence-corrected chi connectivity index (χ3v) is 9.69. The van der Waals surface area contributed by atoms with Crippen LogP contribution < -0.4 is 21.5 Å². The molecule has 1 fully saturated rings. The number of aryl methyl sites for hydroxylation is 1. The van der Waals surface area contributed by atoms with Crippen LogP contribution in [0, 0.1) is 6.92 Å². The Morgan fingerprint density at radius 2 is 1.76 bits per heavy atom. The molecule has 3 aromatic heterocycles. The summed E-state index contributed by atoms with van der Waals surface area (Å²) in [6.07, 6.45) is 3.90. The molecule has 0 saturated carbocycles. The molecule has 0 bridgehead atoms. The van der Waals surface area contributed by atoms with Crippen molar-refractivity contribution < 1.29 is 4.79 Å². The monoisotopic (exact) mass is 595 g/mol. The van der Waals surface area contributed by atoms with Crippen LogP contribution in [0.4, 0.5) is 17.3 Å². The Bertz CT molecular complexity index is 1840. The van der Waals surface area contributed by atoms with Crippen LogP contribution >= 0.6 is 23.1 Å². The van der Waals surface area contributed by atoms with E-state index in [4.69, 9.17) is 4.98 Å². The summed E-state index contributed by atoms with van der Waals surface area (Å²) in [5, 5.41) is 10.9. The molecular formula is C31H29N7O2S2. The van der Waals surface area contributed by atoms with Gasteiger partial charge in [-0.1, -0.05) is 18.2 Å². The fourth-order valence-electron chi connectivity index (χ4n) is 5.60. The Hall–Kier alpha value is -4.06. The van der Waals surface area contributed by atoms with Gasteiger partial charge in [-0.2, -0.15) is 4.98 Å². The molecule has 0 radical (unpaired) electrons. The van der Waals surface area contributed by atoms with E-state index in [-0.39, 0.29) is 11.3 Å². The molecule has 2 aliphatic heterocycles. The number of fused-ring (bicyclic) bond motifs is 2. The zero-order valence-electron chi connectivity index (χ0n) is 23.0. The SMILES string of the molecule is Cc1scnc1-c1cc2cnc(Nc3ccc(NC4CCNCC4)cc3)nc2n(C2CSc3ccccc3C2=O)c1=O. The molecule has 7 rings (SSSR count). The largest absolute Gasteiger partial charge is 0.382 e. The highest BCUT2D eigenvalue weighted by atomic mass is 32.2. The third kappa shape index (κ3) is 5.08. The van der Waals surface area contributed by atoms with E-state index in [1.165, 1.54) is 11.3 Å². The van der Waals surface area contributed by atoms with Gasteiger partial charge in [0, 0.05) is 50.1 Å². The van der Waals surface area contributed by atoms with Gasteiger partial charge in [0.1, 0.15) is 11.7 Å². The summed E-state index contributed by atoms with van der Waals surface area (Å²) in [7, 11) is 0. The fourth-order valence-corrected chi connectivity index (χ4v) is 7.32. The van der Waals surface area contributed by atoms with Crippen LogP contribution in [0.2, 0.25) is 0 Å². The standard InChI is InChI=1S/C31H29N7O2S2/c1-18-27(34-17-42-18)24-14-19-15-33-31(36-21-8-6-20(7-9-21)35-22-10-12-32-13-11-22)37-29(19)38(30(24)40)25-16-41-26-5-3-2-4-23(26)28(25)39/h2-9,14-15,17,22,25,32,35H,10-13,16H2,1H3,(H,33,36,37). The predicted molar refractivity (Wildman–Crippen MR) is 169 cm³/mol. The number of nitrogens with one attached hydrogen (secondary N) is 3. The molecule has 3 N–H and O–H groups in total. The van der Waals surface area contributed by atoms with Crippen molar-refractivity contribution in [3.63, 3.8) is 0 Å². The Labute approximate surface area is 250 Å². The van der Waals surface area contributed by atoms with E-state index in [2.05, 4.69) is 25.9 Å². The Morgan fingerprint density at radius 1 is 0.976 bits per heavy atom. The number of piperidine rings is 1. The molecule has 11 heteroatoms. The van der Waals surface area contributed by atoms with Crippen molar-refractivity contribution in [3.05, 3.63) is 87.1 Å². The number of carbonyl (C=O) groups is 1. The van der Waals surface area contributed by atoms with Crippen molar-refractivity contribution in [1.29, 1.82) is 0 Å². The lowest BCUT2D eigenvalue weighted by molar-refractivity contribution is 0.0932. The molecule has 9 nitrogen and oxygen atoms in total. The van der Waals surface area contributed by atoms with Crippen molar-refractivity contribution in [2.45, 2.75) is 36.7 Å². The normalized spacial score (nSPS) is 17.3. The number of hydrogen-bond donors (Lipinski definition) is 3. The number of anilines is 3. The first-order chi connectivity index (χ1) is 20.5. The molecule has 5 heterocycles. The van der Waals surface area contributed by atoms with Crippen LogP contribution in [0.3, 0.4) is 0 Å². The molecule has 5 aromatic rings. The smallest absolute Gasteiger partial charge is 0.262 e. The van der Waals surface area contributed by atoms with Gasteiger partial charge in [-0.25, -0.2) is 9.97 Å². The summed E-state index contributed by atoms with van der Waals surface area (Å²) in [4.78, 5) is 43.6. The minimum absolute atomic E-state index is 0.0927. The van der Waals surface area contributed by atoms with Gasteiger partial charge in [-0.3, -0.25) is 14.2 Å². The molecule has 1 atom stereocenters. The molecule has 212 valence electrons. The second kappa shape index (κ2) is 11.3. The maximum absolute atomic E-state index is 14.1. The Morgan fingerprint density at radius 3 is 2.55 bits per heavy atom. The number of benzene rings is 2. The molecule has 0 amide bonds. The summed E-state index contributed by atoms with van der Waals surface area (Å²) in [6, 6.07) is 17.1. The highest BCUT2D eigenvalue weighted by Gasteiger charge is 2.32. The minimum atomic E-state index is -0.707. The summed E-state index contributed by atoms with van der Waals surface area (Å²) in [5.74, 6) is 0.691.